The number of fused-ring (bicyclic) bond motifs is 1. The normalized spacial score (nSPS) is 14.8. The molecule has 2 rings (SSSR count). The van der Waals surface area contributed by atoms with E-state index in [-0.39, 0.29) is 5.56 Å². The molecule has 1 aliphatic heterocycles. The van der Waals surface area contributed by atoms with Crippen LogP contribution in [0.2, 0.25) is 0 Å². The standard InChI is InChI=1S/C7H12N4O/c1-9-5-6(8)10-3-2-4-11(10)7(5)12/h9H,2-4,8H2,1H3. The number of aromatic nitrogens is 2. The van der Waals surface area contributed by atoms with Crippen molar-refractivity contribution in [3.05, 3.63) is 10.4 Å². The first-order valence-electron chi connectivity index (χ1n) is 4.02. The Morgan fingerprint density at radius 3 is 2.67 bits per heavy atom. The van der Waals surface area contributed by atoms with E-state index < -0.39 is 0 Å². The smallest absolute Gasteiger partial charge is 0.292 e. The molecule has 1 aliphatic rings. The molecule has 0 fully saturated rings. The summed E-state index contributed by atoms with van der Waals surface area (Å²) in [5, 5.41) is 2.81. The van der Waals surface area contributed by atoms with Gasteiger partial charge in [-0.25, -0.2) is 4.68 Å². The predicted molar refractivity (Wildman–Crippen MR) is 47.3 cm³/mol. The summed E-state index contributed by atoms with van der Waals surface area (Å²) in [7, 11) is 1.71. The van der Waals surface area contributed by atoms with Crippen molar-refractivity contribution in [1.29, 1.82) is 0 Å². The molecule has 0 bridgehead atoms. The van der Waals surface area contributed by atoms with Crippen LogP contribution in [-0.4, -0.2) is 16.4 Å². The second kappa shape index (κ2) is 2.30. The lowest BCUT2D eigenvalue weighted by Crippen LogP contribution is -2.18. The van der Waals surface area contributed by atoms with E-state index in [9.17, 15) is 4.79 Å². The van der Waals surface area contributed by atoms with Gasteiger partial charge in [0.2, 0.25) is 0 Å². The van der Waals surface area contributed by atoms with Gasteiger partial charge in [-0.15, -0.1) is 0 Å². The van der Waals surface area contributed by atoms with Crippen LogP contribution in [-0.2, 0) is 13.1 Å². The number of anilines is 2. The van der Waals surface area contributed by atoms with Gasteiger partial charge < -0.3 is 11.1 Å². The maximum absolute atomic E-state index is 11.5. The number of rotatable bonds is 1. The van der Waals surface area contributed by atoms with Gasteiger partial charge in [-0.2, -0.15) is 0 Å². The lowest BCUT2D eigenvalue weighted by Gasteiger charge is -2.00. The van der Waals surface area contributed by atoms with Crippen LogP contribution >= 0.6 is 0 Å². The van der Waals surface area contributed by atoms with Gasteiger partial charge in [0.1, 0.15) is 11.5 Å². The van der Waals surface area contributed by atoms with Gasteiger partial charge in [-0.3, -0.25) is 9.48 Å². The van der Waals surface area contributed by atoms with E-state index in [4.69, 9.17) is 5.73 Å². The SMILES string of the molecule is CNc1c(N)n2n(c1=O)CCC2. The molecule has 1 aromatic heterocycles. The lowest BCUT2D eigenvalue weighted by molar-refractivity contribution is 0.601. The van der Waals surface area contributed by atoms with Crippen molar-refractivity contribution in [3.8, 4) is 0 Å². The molecule has 0 aliphatic carbocycles. The third-order valence-corrected chi connectivity index (χ3v) is 2.26. The van der Waals surface area contributed by atoms with Gasteiger partial charge in [0.05, 0.1) is 0 Å². The van der Waals surface area contributed by atoms with Crippen molar-refractivity contribution in [2.75, 3.05) is 18.1 Å². The molecule has 0 amide bonds. The number of hydrogen-bond acceptors (Lipinski definition) is 3. The van der Waals surface area contributed by atoms with E-state index in [1.165, 1.54) is 0 Å². The van der Waals surface area contributed by atoms with Crippen LogP contribution in [0.15, 0.2) is 4.79 Å². The molecule has 66 valence electrons. The van der Waals surface area contributed by atoms with Crippen LogP contribution < -0.4 is 16.6 Å². The third-order valence-electron chi connectivity index (χ3n) is 2.26. The number of nitrogens with two attached hydrogens (primary N) is 1. The summed E-state index contributed by atoms with van der Waals surface area (Å²) >= 11 is 0. The summed E-state index contributed by atoms with van der Waals surface area (Å²) in [6, 6.07) is 0. The molecule has 2 heterocycles. The molecule has 0 saturated heterocycles. The number of nitrogens with one attached hydrogen (secondary N) is 1. The van der Waals surface area contributed by atoms with Gasteiger partial charge in [0.25, 0.3) is 5.56 Å². The average molecular weight is 168 g/mol. The fourth-order valence-electron chi connectivity index (χ4n) is 1.68. The number of hydrogen-bond donors (Lipinski definition) is 2. The van der Waals surface area contributed by atoms with E-state index in [2.05, 4.69) is 5.32 Å². The van der Waals surface area contributed by atoms with Crippen LogP contribution in [0, 0.1) is 0 Å². The first-order chi connectivity index (χ1) is 5.75. The maximum atomic E-state index is 11.5. The summed E-state index contributed by atoms with van der Waals surface area (Å²) < 4.78 is 3.51. The number of nitrogen functional groups attached to an aromatic ring is 1. The Labute approximate surface area is 69.8 Å². The molecule has 5 heteroatoms. The Morgan fingerprint density at radius 2 is 2.08 bits per heavy atom. The fraction of sp³-hybridized carbons (Fsp3) is 0.571. The van der Waals surface area contributed by atoms with Gasteiger partial charge in [-0.1, -0.05) is 0 Å². The number of nitrogens with zero attached hydrogens (tertiary/aromatic N) is 2. The molecular weight excluding hydrogens is 156 g/mol. The molecule has 1 aromatic rings. The van der Waals surface area contributed by atoms with E-state index in [1.54, 1.807) is 11.7 Å². The molecular formula is C7H12N4O. The summed E-state index contributed by atoms with van der Waals surface area (Å²) in [5.41, 5.74) is 6.26. The van der Waals surface area contributed by atoms with Crippen LogP contribution in [0.5, 0.6) is 0 Å². The second-order valence-electron chi connectivity index (χ2n) is 2.92. The first kappa shape index (κ1) is 7.27. The van der Waals surface area contributed by atoms with Crippen molar-refractivity contribution in [3.63, 3.8) is 0 Å². The van der Waals surface area contributed by atoms with Gasteiger partial charge in [0.15, 0.2) is 0 Å². The van der Waals surface area contributed by atoms with Gasteiger partial charge in [-0.05, 0) is 6.42 Å². The average Bonchev–Trinajstić information content (AvgIpc) is 2.58. The molecule has 0 aromatic carbocycles. The Hall–Kier alpha value is -1.39. The minimum atomic E-state index is -0.00694. The molecule has 0 atom stereocenters. The Morgan fingerprint density at radius 1 is 1.42 bits per heavy atom. The van der Waals surface area contributed by atoms with E-state index in [0.29, 0.717) is 11.5 Å². The van der Waals surface area contributed by atoms with Crippen LogP contribution in [0.25, 0.3) is 0 Å². The molecule has 0 unspecified atom stereocenters. The Kier molecular flexibility index (Phi) is 1.39. The molecule has 0 spiro atoms. The quantitative estimate of drug-likeness (QED) is 0.604. The molecule has 3 N–H and O–H groups in total. The molecule has 0 radical (unpaired) electrons. The summed E-state index contributed by atoms with van der Waals surface area (Å²) in [6.07, 6.45) is 1.00. The first-order valence-corrected chi connectivity index (χ1v) is 4.02. The van der Waals surface area contributed by atoms with Crippen molar-refractivity contribution in [2.45, 2.75) is 19.5 Å². The molecule has 12 heavy (non-hydrogen) atoms. The van der Waals surface area contributed by atoms with Gasteiger partial charge >= 0.3 is 0 Å². The van der Waals surface area contributed by atoms with Crippen LogP contribution in [0.3, 0.4) is 0 Å². The topological polar surface area (TPSA) is 65.0 Å². The summed E-state index contributed by atoms with van der Waals surface area (Å²) in [4.78, 5) is 11.5. The zero-order valence-corrected chi connectivity index (χ0v) is 7.00. The van der Waals surface area contributed by atoms with Crippen molar-refractivity contribution in [2.24, 2.45) is 0 Å². The molecule has 0 saturated carbocycles. The Bertz CT molecular complexity index is 355. The van der Waals surface area contributed by atoms with Crippen LogP contribution in [0.4, 0.5) is 11.5 Å². The predicted octanol–water partition coefficient (Wildman–Crippen LogP) is -0.323. The minimum absolute atomic E-state index is 0.00694. The zero-order chi connectivity index (χ0) is 8.72. The third kappa shape index (κ3) is 0.704. The van der Waals surface area contributed by atoms with Crippen molar-refractivity contribution >= 4 is 11.5 Å². The van der Waals surface area contributed by atoms with E-state index in [0.717, 1.165) is 19.5 Å². The highest BCUT2D eigenvalue weighted by Crippen LogP contribution is 2.18. The van der Waals surface area contributed by atoms with Crippen molar-refractivity contribution in [1.82, 2.24) is 9.36 Å². The van der Waals surface area contributed by atoms with E-state index >= 15 is 0 Å². The lowest BCUT2D eigenvalue weighted by atomic mass is 10.4. The van der Waals surface area contributed by atoms with Crippen LogP contribution in [0.1, 0.15) is 6.42 Å². The zero-order valence-electron chi connectivity index (χ0n) is 7.00. The minimum Gasteiger partial charge on any atom is -0.382 e. The highest BCUT2D eigenvalue weighted by molar-refractivity contribution is 5.61. The maximum Gasteiger partial charge on any atom is 0.292 e. The largest absolute Gasteiger partial charge is 0.382 e. The van der Waals surface area contributed by atoms with Gasteiger partial charge in [0, 0.05) is 20.1 Å². The highest BCUT2D eigenvalue weighted by atomic mass is 16.1. The summed E-state index contributed by atoms with van der Waals surface area (Å²) in [6.45, 7) is 1.63. The Balaban J connectivity index is 2.69. The molecule has 5 nitrogen and oxygen atoms in total. The summed E-state index contributed by atoms with van der Waals surface area (Å²) in [5.74, 6) is 0.556. The highest BCUT2D eigenvalue weighted by Gasteiger charge is 2.19. The van der Waals surface area contributed by atoms with E-state index in [1.807, 2.05) is 4.68 Å². The second-order valence-corrected chi connectivity index (χ2v) is 2.92. The monoisotopic (exact) mass is 168 g/mol. The fourth-order valence-corrected chi connectivity index (χ4v) is 1.68. The van der Waals surface area contributed by atoms with Crippen molar-refractivity contribution < 1.29 is 0 Å².